The number of hydrogen-bond donors (Lipinski definition) is 1. The van der Waals surface area contributed by atoms with Crippen LogP contribution in [0.3, 0.4) is 0 Å². The summed E-state index contributed by atoms with van der Waals surface area (Å²) in [6, 6.07) is 0. The molecular formula is C10H22N2O2. The summed E-state index contributed by atoms with van der Waals surface area (Å²) in [6.45, 7) is 5.73. The van der Waals surface area contributed by atoms with E-state index in [9.17, 15) is 5.11 Å². The summed E-state index contributed by atoms with van der Waals surface area (Å²) in [4.78, 5) is 7.26. The second-order valence-corrected chi connectivity index (χ2v) is 3.77. The Morgan fingerprint density at radius 3 is 2.43 bits per heavy atom. The van der Waals surface area contributed by atoms with Crippen molar-refractivity contribution in [2.75, 3.05) is 33.3 Å². The number of nitrogens with zero attached hydrogens (tertiary/aromatic N) is 2. The molecule has 0 amide bonds. The fourth-order valence-corrected chi connectivity index (χ4v) is 1.75. The highest BCUT2D eigenvalue weighted by Crippen LogP contribution is 2.09. The molecule has 1 saturated heterocycles. The molecule has 0 aromatic carbocycles. The predicted molar refractivity (Wildman–Crippen MR) is 55.7 cm³/mol. The van der Waals surface area contributed by atoms with Crippen molar-refractivity contribution in [1.82, 2.24) is 9.96 Å². The molecule has 0 spiro atoms. The van der Waals surface area contributed by atoms with Crippen LogP contribution in [0.4, 0.5) is 0 Å². The molecule has 1 unspecified atom stereocenters. The van der Waals surface area contributed by atoms with E-state index in [1.165, 1.54) is 0 Å². The average molecular weight is 202 g/mol. The number of piperazine rings is 1. The number of aliphatic hydroxyl groups excluding tert-OH is 1. The molecule has 0 saturated carbocycles. The van der Waals surface area contributed by atoms with Gasteiger partial charge >= 0.3 is 0 Å². The molecule has 84 valence electrons. The summed E-state index contributed by atoms with van der Waals surface area (Å²) in [6.07, 6.45) is 2.89. The summed E-state index contributed by atoms with van der Waals surface area (Å²) in [5, 5.41) is 11.8. The van der Waals surface area contributed by atoms with Gasteiger partial charge in [0.05, 0.1) is 7.11 Å². The van der Waals surface area contributed by atoms with Gasteiger partial charge in [0.25, 0.3) is 0 Å². The zero-order chi connectivity index (χ0) is 10.4. The quantitative estimate of drug-likeness (QED) is 0.711. The van der Waals surface area contributed by atoms with E-state index in [1.807, 2.05) is 5.06 Å². The third-order valence-corrected chi connectivity index (χ3v) is 2.77. The monoisotopic (exact) mass is 202 g/mol. The first-order valence-corrected chi connectivity index (χ1v) is 5.49. The van der Waals surface area contributed by atoms with Gasteiger partial charge in [-0.2, -0.15) is 5.06 Å². The minimum absolute atomic E-state index is 0.256. The summed E-state index contributed by atoms with van der Waals surface area (Å²) >= 11 is 0. The Morgan fingerprint density at radius 2 is 1.93 bits per heavy atom. The van der Waals surface area contributed by atoms with Crippen LogP contribution in [0.25, 0.3) is 0 Å². The molecule has 1 N–H and O–H groups in total. The maximum absolute atomic E-state index is 9.83. The first kappa shape index (κ1) is 11.9. The Balaban J connectivity index is 2.19. The number of hydroxylamine groups is 2. The topological polar surface area (TPSA) is 35.9 Å². The smallest absolute Gasteiger partial charge is 0.107 e. The van der Waals surface area contributed by atoms with Crippen molar-refractivity contribution in [3.63, 3.8) is 0 Å². The van der Waals surface area contributed by atoms with Gasteiger partial charge in [0.2, 0.25) is 0 Å². The predicted octanol–water partition coefficient (Wildman–Crippen LogP) is 0.674. The molecule has 1 rings (SSSR count). The van der Waals surface area contributed by atoms with Crippen LogP contribution in [-0.2, 0) is 4.84 Å². The first-order valence-electron chi connectivity index (χ1n) is 5.49. The molecule has 0 bridgehead atoms. The minimum Gasteiger partial charge on any atom is -0.378 e. The van der Waals surface area contributed by atoms with Crippen LogP contribution >= 0.6 is 0 Å². The number of aliphatic hydroxyl groups is 1. The normalized spacial score (nSPS) is 22.5. The van der Waals surface area contributed by atoms with E-state index in [2.05, 4.69) is 11.8 Å². The van der Waals surface area contributed by atoms with Crippen molar-refractivity contribution in [3.05, 3.63) is 0 Å². The molecule has 0 radical (unpaired) electrons. The lowest BCUT2D eigenvalue weighted by atomic mass is 10.2. The largest absolute Gasteiger partial charge is 0.378 e. The average Bonchev–Trinajstić information content (AvgIpc) is 2.26. The van der Waals surface area contributed by atoms with Crippen LogP contribution in [0.1, 0.15) is 26.2 Å². The lowest BCUT2D eigenvalue weighted by molar-refractivity contribution is -0.166. The molecule has 4 nitrogen and oxygen atoms in total. The van der Waals surface area contributed by atoms with E-state index in [0.29, 0.717) is 0 Å². The van der Waals surface area contributed by atoms with Crippen LogP contribution in [0.15, 0.2) is 0 Å². The second kappa shape index (κ2) is 6.35. The van der Waals surface area contributed by atoms with Gasteiger partial charge in [-0.15, -0.1) is 0 Å². The van der Waals surface area contributed by atoms with Gasteiger partial charge in [-0.25, -0.2) is 0 Å². The SMILES string of the molecule is CCCCC(O)N1CCN(OC)CC1. The maximum Gasteiger partial charge on any atom is 0.107 e. The maximum atomic E-state index is 9.83. The molecule has 1 aliphatic rings. The number of unbranched alkanes of at least 4 members (excludes halogenated alkanes) is 1. The molecule has 4 heteroatoms. The van der Waals surface area contributed by atoms with Gasteiger partial charge < -0.3 is 9.94 Å². The Labute approximate surface area is 86.4 Å². The minimum atomic E-state index is -0.256. The highest BCUT2D eigenvalue weighted by atomic mass is 16.7. The zero-order valence-electron chi connectivity index (χ0n) is 9.28. The Hall–Kier alpha value is -0.160. The van der Waals surface area contributed by atoms with Crippen LogP contribution in [-0.4, -0.2) is 54.6 Å². The summed E-state index contributed by atoms with van der Waals surface area (Å²) < 4.78 is 0. The number of hydrogen-bond acceptors (Lipinski definition) is 4. The van der Waals surface area contributed by atoms with Crippen molar-refractivity contribution in [3.8, 4) is 0 Å². The third kappa shape index (κ3) is 3.53. The highest BCUT2D eigenvalue weighted by Gasteiger charge is 2.21. The molecule has 1 aliphatic heterocycles. The van der Waals surface area contributed by atoms with Crippen molar-refractivity contribution >= 4 is 0 Å². The molecule has 1 fully saturated rings. The molecule has 0 aromatic heterocycles. The van der Waals surface area contributed by atoms with Crippen molar-refractivity contribution in [2.45, 2.75) is 32.4 Å². The van der Waals surface area contributed by atoms with E-state index >= 15 is 0 Å². The van der Waals surface area contributed by atoms with Crippen molar-refractivity contribution in [2.24, 2.45) is 0 Å². The summed E-state index contributed by atoms with van der Waals surface area (Å²) in [5.74, 6) is 0. The van der Waals surface area contributed by atoms with Crippen LogP contribution in [0, 0.1) is 0 Å². The van der Waals surface area contributed by atoms with Gasteiger partial charge in [-0.1, -0.05) is 13.3 Å². The first-order chi connectivity index (χ1) is 6.77. The van der Waals surface area contributed by atoms with Crippen LogP contribution < -0.4 is 0 Å². The van der Waals surface area contributed by atoms with E-state index in [1.54, 1.807) is 7.11 Å². The fraction of sp³-hybridized carbons (Fsp3) is 1.00. The van der Waals surface area contributed by atoms with Gasteiger partial charge in [0, 0.05) is 26.2 Å². The van der Waals surface area contributed by atoms with Crippen molar-refractivity contribution in [1.29, 1.82) is 0 Å². The number of rotatable bonds is 5. The Bertz CT molecular complexity index is 147. The van der Waals surface area contributed by atoms with E-state index in [0.717, 1.165) is 45.4 Å². The highest BCUT2D eigenvalue weighted by molar-refractivity contribution is 4.69. The summed E-state index contributed by atoms with van der Waals surface area (Å²) in [7, 11) is 1.70. The molecule has 0 aliphatic carbocycles. The van der Waals surface area contributed by atoms with E-state index < -0.39 is 0 Å². The lowest BCUT2D eigenvalue weighted by Crippen LogP contribution is -2.49. The molecule has 1 atom stereocenters. The lowest BCUT2D eigenvalue weighted by Gasteiger charge is -2.35. The molecule has 1 heterocycles. The van der Waals surface area contributed by atoms with Gasteiger partial charge in [0.15, 0.2) is 0 Å². The summed E-state index contributed by atoms with van der Waals surface area (Å²) in [5.41, 5.74) is 0. The van der Waals surface area contributed by atoms with Gasteiger partial charge in [-0.05, 0) is 12.8 Å². The van der Waals surface area contributed by atoms with E-state index in [4.69, 9.17) is 4.84 Å². The molecule has 0 aromatic rings. The zero-order valence-corrected chi connectivity index (χ0v) is 9.28. The fourth-order valence-electron chi connectivity index (χ4n) is 1.75. The molecule has 14 heavy (non-hydrogen) atoms. The van der Waals surface area contributed by atoms with Crippen LogP contribution in [0.5, 0.6) is 0 Å². The second-order valence-electron chi connectivity index (χ2n) is 3.77. The van der Waals surface area contributed by atoms with E-state index in [-0.39, 0.29) is 6.23 Å². The third-order valence-electron chi connectivity index (χ3n) is 2.77. The Kier molecular flexibility index (Phi) is 5.40. The van der Waals surface area contributed by atoms with Crippen LogP contribution in [0.2, 0.25) is 0 Å². The van der Waals surface area contributed by atoms with Gasteiger partial charge in [0.1, 0.15) is 6.23 Å². The standard InChI is InChI=1S/C10H22N2O2/c1-3-4-5-10(13)11-6-8-12(14-2)9-7-11/h10,13H,3-9H2,1-2H3. The van der Waals surface area contributed by atoms with Gasteiger partial charge in [-0.3, -0.25) is 4.90 Å². The molecular weight excluding hydrogens is 180 g/mol. The van der Waals surface area contributed by atoms with Crippen molar-refractivity contribution < 1.29 is 9.94 Å². The Morgan fingerprint density at radius 1 is 1.29 bits per heavy atom.